The zero-order valence-corrected chi connectivity index (χ0v) is 23.9. The molecule has 1 N–H and O–H groups in total. The highest BCUT2D eigenvalue weighted by Crippen LogP contribution is 2.25. The molecule has 0 radical (unpaired) electrons. The zero-order valence-electron chi connectivity index (χ0n) is 22.3. The van der Waals surface area contributed by atoms with Crippen molar-refractivity contribution in [2.24, 2.45) is 0 Å². The Morgan fingerprint density at radius 1 is 0.950 bits per heavy atom. The number of benzene rings is 3. The van der Waals surface area contributed by atoms with Gasteiger partial charge in [0.2, 0.25) is 11.8 Å². The van der Waals surface area contributed by atoms with Crippen LogP contribution in [0.4, 0.5) is 10.1 Å². The van der Waals surface area contributed by atoms with Crippen molar-refractivity contribution in [3.8, 4) is 0 Å². The van der Waals surface area contributed by atoms with Crippen LogP contribution in [-0.4, -0.2) is 43.8 Å². The van der Waals surface area contributed by atoms with E-state index in [0.717, 1.165) is 36.4 Å². The average molecular weight is 586 g/mol. The molecular weight excluding hydrogens is 553 g/mol. The van der Waals surface area contributed by atoms with E-state index in [1.807, 2.05) is 0 Å². The van der Waals surface area contributed by atoms with Gasteiger partial charge in [0.15, 0.2) is 0 Å². The summed E-state index contributed by atoms with van der Waals surface area (Å²) >= 11 is 5.97. The number of amides is 2. The Morgan fingerprint density at radius 3 is 2.20 bits per heavy atom. The molecule has 1 aliphatic rings. The minimum absolute atomic E-state index is 0.00197. The van der Waals surface area contributed by atoms with Crippen molar-refractivity contribution in [2.45, 2.75) is 62.6 Å². The summed E-state index contributed by atoms with van der Waals surface area (Å²) in [6.07, 6.45) is 4.96. The van der Waals surface area contributed by atoms with Crippen molar-refractivity contribution in [1.82, 2.24) is 10.2 Å². The number of hydrogen-bond donors (Lipinski definition) is 1. The van der Waals surface area contributed by atoms with E-state index in [2.05, 4.69) is 5.32 Å². The van der Waals surface area contributed by atoms with Gasteiger partial charge in [-0.05, 0) is 73.9 Å². The fraction of sp³-hybridized carbons (Fsp3) is 0.333. The number of rotatable bonds is 10. The maximum Gasteiger partial charge on any atom is 0.264 e. The number of nitrogens with one attached hydrogen (secondary N) is 1. The van der Waals surface area contributed by atoms with Crippen LogP contribution in [-0.2, 0) is 26.2 Å². The Labute approximate surface area is 240 Å². The van der Waals surface area contributed by atoms with Crippen molar-refractivity contribution in [3.05, 3.63) is 95.3 Å². The molecule has 3 aromatic rings. The van der Waals surface area contributed by atoms with E-state index in [1.165, 1.54) is 41.3 Å². The predicted octanol–water partition coefficient (Wildman–Crippen LogP) is 5.54. The molecule has 1 atom stereocenters. The van der Waals surface area contributed by atoms with E-state index >= 15 is 0 Å². The maximum absolute atomic E-state index is 13.9. The number of halogens is 2. The van der Waals surface area contributed by atoms with E-state index in [4.69, 9.17) is 11.6 Å². The van der Waals surface area contributed by atoms with Crippen LogP contribution in [0.3, 0.4) is 0 Å². The first kappa shape index (κ1) is 29.6. The van der Waals surface area contributed by atoms with Crippen LogP contribution in [0.1, 0.15) is 44.6 Å². The van der Waals surface area contributed by atoms with Gasteiger partial charge < -0.3 is 10.2 Å². The minimum Gasteiger partial charge on any atom is -0.352 e. The molecule has 1 fully saturated rings. The van der Waals surface area contributed by atoms with Crippen molar-refractivity contribution in [2.75, 3.05) is 10.8 Å². The molecule has 0 bridgehead atoms. The standard InChI is InChI=1S/C30H33ClFN3O4S/c1-22(30(37)33-26-8-4-2-5-9-26)34(20-23-12-16-25(32)17-13-23)29(36)21-35(27-10-6-3-7-11-27)40(38,39)28-18-14-24(31)15-19-28/h3,6-7,10-19,22,26H,2,4-5,8-9,20-21H2,1H3,(H,33,37). The van der Waals surface area contributed by atoms with Crippen molar-refractivity contribution in [3.63, 3.8) is 0 Å². The molecule has 4 rings (SSSR count). The summed E-state index contributed by atoms with van der Waals surface area (Å²) in [5, 5.41) is 3.44. The highest BCUT2D eigenvalue weighted by Gasteiger charge is 2.33. The second-order valence-electron chi connectivity index (χ2n) is 9.97. The number of sulfonamides is 1. The SMILES string of the molecule is CC(C(=O)NC1CCCCC1)N(Cc1ccc(F)cc1)C(=O)CN(c1ccccc1)S(=O)(=O)c1ccc(Cl)cc1. The number of anilines is 1. The summed E-state index contributed by atoms with van der Waals surface area (Å²) < 4.78 is 42.1. The van der Waals surface area contributed by atoms with Gasteiger partial charge in [0.05, 0.1) is 10.6 Å². The quantitative estimate of drug-likeness (QED) is 0.338. The van der Waals surface area contributed by atoms with Gasteiger partial charge in [-0.2, -0.15) is 0 Å². The van der Waals surface area contributed by atoms with Crippen molar-refractivity contribution in [1.29, 1.82) is 0 Å². The van der Waals surface area contributed by atoms with Gasteiger partial charge in [-0.25, -0.2) is 12.8 Å². The summed E-state index contributed by atoms with van der Waals surface area (Å²) in [6, 6.07) is 18.8. The summed E-state index contributed by atoms with van der Waals surface area (Å²) in [7, 11) is -4.17. The summed E-state index contributed by atoms with van der Waals surface area (Å²) in [5.74, 6) is -1.31. The second kappa shape index (κ2) is 13.3. The fourth-order valence-electron chi connectivity index (χ4n) is 4.79. The van der Waals surface area contributed by atoms with E-state index in [0.29, 0.717) is 16.3 Å². The van der Waals surface area contributed by atoms with Crippen molar-refractivity contribution >= 4 is 39.1 Å². The molecule has 10 heteroatoms. The Hall–Kier alpha value is -3.43. The van der Waals surface area contributed by atoms with Gasteiger partial charge >= 0.3 is 0 Å². The molecule has 0 aromatic heterocycles. The monoisotopic (exact) mass is 585 g/mol. The predicted molar refractivity (Wildman–Crippen MR) is 154 cm³/mol. The topological polar surface area (TPSA) is 86.8 Å². The molecular formula is C30H33ClFN3O4S. The summed E-state index contributed by atoms with van der Waals surface area (Å²) in [6.45, 7) is 1.08. The molecule has 0 spiro atoms. The lowest BCUT2D eigenvalue weighted by Crippen LogP contribution is -2.53. The normalized spacial score (nSPS) is 14.8. The number of hydrogen-bond acceptors (Lipinski definition) is 4. The summed E-state index contributed by atoms with van der Waals surface area (Å²) in [5.41, 5.74) is 0.908. The third-order valence-corrected chi connectivity index (χ3v) is 9.15. The Kier molecular flexibility index (Phi) is 9.81. The molecule has 7 nitrogen and oxygen atoms in total. The number of carbonyl (C=O) groups is 2. The van der Waals surface area contributed by atoms with Crippen LogP contribution in [0, 0.1) is 5.82 Å². The molecule has 0 saturated heterocycles. The minimum atomic E-state index is -4.17. The van der Waals surface area contributed by atoms with E-state index in [1.54, 1.807) is 49.4 Å². The molecule has 0 heterocycles. The van der Waals surface area contributed by atoms with Gasteiger partial charge in [-0.1, -0.05) is 61.2 Å². The van der Waals surface area contributed by atoms with Crippen LogP contribution in [0.2, 0.25) is 5.02 Å². The van der Waals surface area contributed by atoms with E-state index in [9.17, 15) is 22.4 Å². The highest BCUT2D eigenvalue weighted by molar-refractivity contribution is 7.92. The second-order valence-corrected chi connectivity index (χ2v) is 12.3. The van der Waals surface area contributed by atoms with Crippen LogP contribution in [0.5, 0.6) is 0 Å². The molecule has 40 heavy (non-hydrogen) atoms. The third kappa shape index (κ3) is 7.40. The van der Waals surface area contributed by atoms with Gasteiger partial charge in [0, 0.05) is 17.6 Å². The highest BCUT2D eigenvalue weighted by atomic mass is 35.5. The van der Waals surface area contributed by atoms with Crippen LogP contribution < -0.4 is 9.62 Å². The smallest absolute Gasteiger partial charge is 0.264 e. The molecule has 1 saturated carbocycles. The number of para-hydroxylation sites is 1. The molecule has 1 aliphatic carbocycles. The first-order chi connectivity index (χ1) is 19.1. The fourth-order valence-corrected chi connectivity index (χ4v) is 6.33. The molecule has 212 valence electrons. The maximum atomic E-state index is 13.9. The molecule has 2 amide bonds. The molecule has 0 aliphatic heterocycles. The molecule has 3 aromatic carbocycles. The Balaban J connectivity index is 1.65. The lowest BCUT2D eigenvalue weighted by molar-refractivity contribution is -0.139. The number of nitrogens with zero attached hydrogens (tertiary/aromatic N) is 2. The van der Waals surface area contributed by atoms with Gasteiger partial charge in [0.25, 0.3) is 10.0 Å². The number of carbonyl (C=O) groups excluding carboxylic acids is 2. The van der Waals surface area contributed by atoms with Gasteiger partial charge in [-0.3, -0.25) is 13.9 Å². The zero-order chi connectivity index (χ0) is 28.7. The first-order valence-electron chi connectivity index (χ1n) is 13.3. The lowest BCUT2D eigenvalue weighted by Gasteiger charge is -2.33. The van der Waals surface area contributed by atoms with Gasteiger partial charge in [-0.15, -0.1) is 0 Å². The van der Waals surface area contributed by atoms with Crippen LogP contribution in [0.25, 0.3) is 0 Å². The third-order valence-electron chi connectivity index (χ3n) is 7.11. The van der Waals surface area contributed by atoms with E-state index < -0.39 is 34.3 Å². The van der Waals surface area contributed by atoms with E-state index in [-0.39, 0.29) is 23.4 Å². The van der Waals surface area contributed by atoms with Crippen LogP contribution in [0.15, 0.2) is 83.8 Å². The van der Waals surface area contributed by atoms with Crippen LogP contribution >= 0.6 is 11.6 Å². The summed E-state index contributed by atoms with van der Waals surface area (Å²) in [4.78, 5) is 28.5. The molecule has 1 unspecified atom stereocenters. The van der Waals surface area contributed by atoms with Gasteiger partial charge in [0.1, 0.15) is 18.4 Å². The van der Waals surface area contributed by atoms with Crippen molar-refractivity contribution < 1.29 is 22.4 Å². The lowest BCUT2D eigenvalue weighted by atomic mass is 9.95. The Morgan fingerprint density at radius 2 is 1.57 bits per heavy atom. The largest absolute Gasteiger partial charge is 0.352 e. The first-order valence-corrected chi connectivity index (χ1v) is 15.1. The average Bonchev–Trinajstić information content (AvgIpc) is 2.96. The Bertz CT molecular complexity index is 1400.